The predicted molar refractivity (Wildman–Crippen MR) is 87.3 cm³/mol. The van der Waals surface area contributed by atoms with Crippen LogP contribution < -0.4 is 10.1 Å². The Kier molecular flexibility index (Phi) is 4.74. The van der Waals surface area contributed by atoms with Crippen molar-refractivity contribution in [2.45, 2.75) is 19.1 Å². The van der Waals surface area contributed by atoms with Gasteiger partial charge in [0.1, 0.15) is 11.6 Å². The van der Waals surface area contributed by atoms with Crippen molar-refractivity contribution in [2.24, 2.45) is 5.16 Å². The number of amides is 1. The Morgan fingerprint density at radius 1 is 1.33 bits per heavy atom. The number of carbonyl (C=O) groups excluding carboxylic acids is 1. The minimum absolute atomic E-state index is 0.268. The summed E-state index contributed by atoms with van der Waals surface area (Å²) in [4.78, 5) is 17.4. The zero-order valence-electron chi connectivity index (χ0n) is 13.2. The predicted octanol–water partition coefficient (Wildman–Crippen LogP) is 2.64. The average molecular weight is 328 g/mol. The first-order valence-corrected chi connectivity index (χ1v) is 7.55. The lowest BCUT2D eigenvalue weighted by molar-refractivity contribution is -0.131. The second kappa shape index (κ2) is 7.12. The summed E-state index contributed by atoms with van der Waals surface area (Å²) in [5, 5.41) is 6.71. The zero-order chi connectivity index (χ0) is 16.9. The molecule has 0 unspecified atom stereocenters. The third-order valence-corrected chi connectivity index (χ3v) is 3.76. The molecule has 0 aromatic heterocycles. The highest BCUT2D eigenvalue weighted by Crippen LogP contribution is 2.19. The molecule has 0 aliphatic carbocycles. The lowest BCUT2D eigenvalue weighted by Crippen LogP contribution is -2.34. The molecule has 3 rings (SSSR count). The van der Waals surface area contributed by atoms with Gasteiger partial charge in [0, 0.05) is 24.1 Å². The molecule has 1 aliphatic heterocycles. The van der Waals surface area contributed by atoms with Crippen molar-refractivity contribution in [1.29, 1.82) is 0 Å². The first kappa shape index (κ1) is 16.0. The number of methoxy groups -OCH3 is 1. The van der Waals surface area contributed by atoms with Crippen LogP contribution in [0.15, 0.2) is 53.7 Å². The topological polar surface area (TPSA) is 59.9 Å². The Bertz CT molecular complexity index is 776. The Morgan fingerprint density at radius 3 is 2.96 bits per heavy atom. The van der Waals surface area contributed by atoms with E-state index in [-0.39, 0.29) is 11.7 Å². The first-order valence-electron chi connectivity index (χ1n) is 7.55. The molecule has 5 nitrogen and oxygen atoms in total. The molecular weight excluding hydrogens is 311 g/mol. The van der Waals surface area contributed by atoms with E-state index < -0.39 is 6.10 Å². The van der Waals surface area contributed by atoms with E-state index in [2.05, 4.69) is 10.5 Å². The molecule has 0 fully saturated rings. The highest BCUT2D eigenvalue weighted by atomic mass is 19.1. The van der Waals surface area contributed by atoms with Gasteiger partial charge in [-0.15, -0.1) is 0 Å². The van der Waals surface area contributed by atoms with Crippen LogP contribution in [0.2, 0.25) is 0 Å². The van der Waals surface area contributed by atoms with Crippen LogP contribution in [0.1, 0.15) is 17.5 Å². The largest absolute Gasteiger partial charge is 0.496 e. The first-order chi connectivity index (χ1) is 11.7. The maximum atomic E-state index is 13.3. The molecule has 0 saturated heterocycles. The molecular formula is C18H17FN2O3. The van der Waals surface area contributed by atoms with E-state index in [0.29, 0.717) is 30.0 Å². The van der Waals surface area contributed by atoms with Crippen molar-refractivity contribution in [2.75, 3.05) is 7.11 Å². The number of hydrogen-bond donors (Lipinski definition) is 1. The van der Waals surface area contributed by atoms with Crippen molar-refractivity contribution >= 4 is 11.6 Å². The van der Waals surface area contributed by atoms with E-state index in [4.69, 9.17) is 9.57 Å². The zero-order valence-corrected chi connectivity index (χ0v) is 13.2. The number of rotatable bonds is 5. The van der Waals surface area contributed by atoms with E-state index >= 15 is 0 Å². The number of halogens is 1. The van der Waals surface area contributed by atoms with Gasteiger partial charge in [-0.2, -0.15) is 0 Å². The Balaban J connectivity index is 1.58. The summed E-state index contributed by atoms with van der Waals surface area (Å²) in [5.74, 6) is 0.0946. The number of nitrogens with one attached hydrogen (secondary N) is 1. The van der Waals surface area contributed by atoms with Crippen LogP contribution in [0.25, 0.3) is 0 Å². The van der Waals surface area contributed by atoms with Gasteiger partial charge in [-0.1, -0.05) is 35.5 Å². The van der Waals surface area contributed by atoms with E-state index in [9.17, 15) is 9.18 Å². The second-order valence-electron chi connectivity index (χ2n) is 5.38. The number of nitrogens with zero attached hydrogens (tertiary/aromatic N) is 1. The highest BCUT2D eigenvalue weighted by Gasteiger charge is 2.28. The number of ether oxygens (including phenoxy) is 1. The van der Waals surface area contributed by atoms with Gasteiger partial charge in [0.2, 0.25) is 6.10 Å². The van der Waals surface area contributed by atoms with Crippen LogP contribution in [-0.4, -0.2) is 24.8 Å². The summed E-state index contributed by atoms with van der Waals surface area (Å²) in [5.41, 5.74) is 2.06. The number of benzene rings is 2. The van der Waals surface area contributed by atoms with Crippen LogP contribution in [0.5, 0.6) is 5.75 Å². The number of para-hydroxylation sites is 1. The minimum atomic E-state index is -0.710. The maximum absolute atomic E-state index is 13.3. The van der Waals surface area contributed by atoms with E-state index in [0.717, 1.165) is 5.56 Å². The van der Waals surface area contributed by atoms with Crippen molar-refractivity contribution in [3.63, 3.8) is 0 Å². The summed E-state index contributed by atoms with van der Waals surface area (Å²) in [6.07, 6.45) is -0.403. The maximum Gasteiger partial charge on any atom is 0.264 e. The number of carbonyl (C=O) groups is 1. The highest BCUT2D eigenvalue weighted by molar-refractivity contribution is 6.04. The SMILES string of the molecule is COc1ccccc1CNC(=O)[C@@H]1CC(c2cccc(F)c2)=NO1. The third kappa shape index (κ3) is 3.53. The van der Waals surface area contributed by atoms with E-state index in [1.165, 1.54) is 12.1 Å². The second-order valence-corrected chi connectivity index (χ2v) is 5.38. The standard InChI is InChI=1S/C18H17FN2O3/c1-23-16-8-3-2-5-13(16)11-20-18(22)17-10-15(21-24-17)12-6-4-7-14(19)9-12/h2-9,17H,10-11H2,1H3,(H,20,22)/t17-/m0/s1. The normalized spacial score (nSPS) is 16.2. The summed E-state index contributed by atoms with van der Waals surface area (Å²) < 4.78 is 18.5. The summed E-state index contributed by atoms with van der Waals surface area (Å²) in [6.45, 7) is 0.331. The molecule has 2 aromatic rings. The summed E-state index contributed by atoms with van der Waals surface area (Å²) in [6, 6.07) is 13.5. The molecule has 1 amide bonds. The Morgan fingerprint density at radius 2 is 2.17 bits per heavy atom. The third-order valence-electron chi connectivity index (χ3n) is 3.76. The van der Waals surface area contributed by atoms with Gasteiger partial charge in [-0.05, 0) is 18.2 Å². The molecule has 0 radical (unpaired) electrons. The number of hydrogen-bond acceptors (Lipinski definition) is 4. The molecule has 1 N–H and O–H groups in total. The van der Waals surface area contributed by atoms with Crippen LogP contribution in [0.4, 0.5) is 4.39 Å². The Hall–Kier alpha value is -2.89. The molecule has 124 valence electrons. The average Bonchev–Trinajstić information content (AvgIpc) is 3.10. The van der Waals surface area contributed by atoms with E-state index in [1.807, 2.05) is 24.3 Å². The van der Waals surface area contributed by atoms with Gasteiger partial charge >= 0.3 is 0 Å². The quantitative estimate of drug-likeness (QED) is 0.918. The lowest BCUT2D eigenvalue weighted by atomic mass is 10.0. The summed E-state index contributed by atoms with van der Waals surface area (Å²) >= 11 is 0. The molecule has 2 aromatic carbocycles. The van der Waals surface area contributed by atoms with Crippen LogP contribution in [0, 0.1) is 5.82 Å². The van der Waals surface area contributed by atoms with Gasteiger partial charge in [0.25, 0.3) is 5.91 Å². The molecule has 1 aliphatic rings. The van der Waals surface area contributed by atoms with Crippen LogP contribution in [-0.2, 0) is 16.2 Å². The fraction of sp³-hybridized carbons (Fsp3) is 0.222. The van der Waals surface area contributed by atoms with Crippen molar-refractivity contribution in [3.8, 4) is 5.75 Å². The molecule has 0 bridgehead atoms. The minimum Gasteiger partial charge on any atom is -0.496 e. The van der Waals surface area contributed by atoms with Crippen LogP contribution >= 0.6 is 0 Å². The van der Waals surface area contributed by atoms with Crippen molar-refractivity contribution < 1.29 is 18.8 Å². The van der Waals surface area contributed by atoms with E-state index in [1.54, 1.807) is 19.2 Å². The Labute approximate surface area is 139 Å². The molecule has 0 saturated carbocycles. The van der Waals surface area contributed by atoms with Gasteiger partial charge in [-0.3, -0.25) is 4.79 Å². The van der Waals surface area contributed by atoms with Gasteiger partial charge in [0.05, 0.1) is 12.8 Å². The van der Waals surface area contributed by atoms with Crippen molar-refractivity contribution in [1.82, 2.24) is 5.32 Å². The monoisotopic (exact) mass is 328 g/mol. The van der Waals surface area contributed by atoms with Gasteiger partial charge < -0.3 is 14.9 Å². The molecule has 24 heavy (non-hydrogen) atoms. The fourth-order valence-corrected chi connectivity index (χ4v) is 2.50. The van der Waals surface area contributed by atoms with Gasteiger partial charge in [0.15, 0.2) is 0 Å². The van der Waals surface area contributed by atoms with Gasteiger partial charge in [-0.25, -0.2) is 4.39 Å². The smallest absolute Gasteiger partial charge is 0.264 e. The molecule has 1 atom stereocenters. The number of oxime groups is 1. The fourth-order valence-electron chi connectivity index (χ4n) is 2.50. The summed E-state index contributed by atoms with van der Waals surface area (Å²) in [7, 11) is 1.58. The molecule has 1 heterocycles. The lowest BCUT2D eigenvalue weighted by Gasteiger charge is -2.11. The van der Waals surface area contributed by atoms with Crippen molar-refractivity contribution in [3.05, 3.63) is 65.5 Å². The molecule has 0 spiro atoms. The molecule has 6 heteroatoms. The van der Waals surface area contributed by atoms with Crippen LogP contribution in [0.3, 0.4) is 0 Å².